The van der Waals surface area contributed by atoms with Crippen LogP contribution in [-0.2, 0) is 9.53 Å². The van der Waals surface area contributed by atoms with Crippen molar-refractivity contribution in [3.8, 4) is 0 Å². The number of amides is 1. The fourth-order valence-electron chi connectivity index (χ4n) is 1.96. The standard InChI is InChI=1S/C13H26N2O2.ClH/c1-3-5-8-15(9-6-4-2)13(16)12-11-14-7-10-17-12;/h12,14H,3-11H2,1-2H3;1H. The normalized spacial score (nSPS) is 19.1. The van der Waals surface area contributed by atoms with E-state index in [1.54, 1.807) is 0 Å². The van der Waals surface area contributed by atoms with E-state index in [9.17, 15) is 4.79 Å². The fourth-order valence-corrected chi connectivity index (χ4v) is 1.96. The van der Waals surface area contributed by atoms with E-state index in [-0.39, 0.29) is 24.4 Å². The van der Waals surface area contributed by atoms with E-state index >= 15 is 0 Å². The number of nitrogens with zero attached hydrogens (tertiary/aromatic N) is 1. The summed E-state index contributed by atoms with van der Waals surface area (Å²) in [6, 6.07) is 0. The Kier molecular flexibility index (Phi) is 10.4. The summed E-state index contributed by atoms with van der Waals surface area (Å²) >= 11 is 0. The van der Waals surface area contributed by atoms with Gasteiger partial charge in [0.25, 0.3) is 5.91 Å². The van der Waals surface area contributed by atoms with Crippen LogP contribution in [0.3, 0.4) is 0 Å². The molecule has 1 amide bonds. The monoisotopic (exact) mass is 278 g/mol. The lowest BCUT2D eigenvalue weighted by molar-refractivity contribution is -0.145. The topological polar surface area (TPSA) is 41.6 Å². The van der Waals surface area contributed by atoms with Gasteiger partial charge in [0.15, 0.2) is 0 Å². The van der Waals surface area contributed by atoms with E-state index in [1.165, 1.54) is 0 Å². The number of hydrogen-bond acceptors (Lipinski definition) is 3. The van der Waals surface area contributed by atoms with Gasteiger partial charge in [0.05, 0.1) is 6.61 Å². The quantitative estimate of drug-likeness (QED) is 0.772. The Morgan fingerprint density at radius 1 is 1.28 bits per heavy atom. The largest absolute Gasteiger partial charge is 0.366 e. The molecule has 0 saturated carbocycles. The van der Waals surface area contributed by atoms with Crippen LogP contribution in [0.15, 0.2) is 0 Å². The van der Waals surface area contributed by atoms with Crippen LogP contribution in [0.25, 0.3) is 0 Å². The van der Waals surface area contributed by atoms with Gasteiger partial charge in [0, 0.05) is 26.2 Å². The minimum Gasteiger partial charge on any atom is -0.366 e. The number of rotatable bonds is 7. The molecule has 0 aromatic carbocycles. The number of carbonyl (C=O) groups excluding carboxylic acids is 1. The molecule has 0 aliphatic carbocycles. The minimum atomic E-state index is -0.266. The summed E-state index contributed by atoms with van der Waals surface area (Å²) in [5.41, 5.74) is 0. The molecule has 1 N–H and O–H groups in total. The van der Waals surface area contributed by atoms with Crippen LogP contribution in [-0.4, -0.2) is 49.7 Å². The number of ether oxygens (including phenoxy) is 1. The van der Waals surface area contributed by atoms with Crippen molar-refractivity contribution in [1.82, 2.24) is 10.2 Å². The van der Waals surface area contributed by atoms with Gasteiger partial charge in [-0.05, 0) is 12.8 Å². The van der Waals surface area contributed by atoms with Crippen molar-refractivity contribution in [3.63, 3.8) is 0 Å². The van der Waals surface area contributed by atoms with Gasteiger partial charge in [-0.1, -0.05) is 26.7 Å². The van der Waals surface area contributed by atoms with Gasteiger partial charge in [-0.2, -0.15) is 0 Å². The Labute approximate surface area is 117 Å². The summed E-state index contributed by atoms with van der Waals surface area (Å²) in [5, 5.41) is 3.21. The average Bonchev–Trinajstić information content (AvgIpc) is 2.39. The number of unbranched alkanes of at least 4 members (excludes halogenated alkanes) is 2. The van der Waals surface area contributed by atoms with Crippen LogP contribution >= 0.6 is 12.4 Å². The summed E-state index contributed by atoms with van der Waals surface area (Å²) in [4.78, 5) is 14.2. The molecular weight excluding hydrogens is 252 g/mol. The van der Waals surface area contributed by atoms with Crippen molar-refractivity contribution >= 4 is 18.3 Å². The van der Waals surface area contributed by atoms with Gasteiger partial charge < -0.3 is 15.0 Å². The zero-order chi connectivity index (χ0) is 12.5. The molecule has 0 aromatic heterocycles. The Morgan fingerprint density at radius 2 is 1.89 bits per heavy atom. The van der Waals surface area contributed by atoms with Crippen LogP contribution in [0.2, 0.25) is 0 Å². The maximum atomic E-state index is 12.3. The highest BCUT2D eigenvalue weighted by atomic mass is 35.5. The van der Waals surface area contributed by atoms with Crippen molar-refractivity contribution in [2.45, 2.75) is 45.6 Å². The highest BCUT2D eigenvalue weighted by molar-refractivity contribution is 5.85. The number of halogens is 1. The van der Waals surface area contributed by atoms with Crippen molar-refractivity contribution in [2.24, 2.45) is 0 Å². The van der Waals surface area contributed by atoms with Crippen LogP contribution in [0.5, 0.6) is 0 Å². The third kappa shape index (κ3) is 6.03. The van der Waals surface area contributed by atoms with E-state index in [2.05, 4.69) is 19.2 Å². The summed E-state index contributed by atoms with van der Waals surface area (Å²) in [6.45, 7) is 8.21. The SMILES string of the molecule is CCCCN(CCCC)C(=O)C1CNCCO1.Cl. The summed E-state index contributed by atoms with van der Waals surface area (Å²) in [7, 11) is 0. The Bertz CT molecular complexity index is 213. The highest BCUT2D eigenvalue weighted by Crippen LogP contribution is 2.06. The van der Waals surface area contributed by atoms with E-state index < -0.39 is 0 Å². The third-order valence-electron chi connectivity index (χ3n) is 3.08. The smallest absolute Gasteiger partial charge is 0.253 e. The molecule has 1 unspecified atom stereocenters. The van der Waals surface area contributed by atoms with E-state index in [1.807, 2.05) is 4.90 Å². The molecule has 108 valence electrons. The molecule has 5 heteroatoms. The molecule has 1 heterocycles. The maximum Gasteiger partial charge on any atom is 0.253 e. The van der Waals surface area contributed by atoms with Crippen molar-refractivity contribution < 1.29 is 9.53 Å². The maximum absolute atomic E-state index is 12.3. The first-order valence-corrected chi connectivity index (χ1v) is 6.90. The van der Waals surface area contributed by atoms with Gasteiger partial charge in [-0.25, -0.2) is 0 Å². The van der Waals surface area contributed by atoms with Gasteiger partial charge in [-0.15, -0.1) is 12.4 Å². The predicted octanol–water partition coefficient (Wildman–Crippen LogP) is 1.83. The lowest BCUT2D eigenvalue weighted by Crippen LogP contribution is -2.49. The molecule has 1 atom stereocenters. The molecular formula is C13H27ClN2O2. The fraction of sp³-hybridized carbons (Fsp3) is 0.923. The molecule has 0 bridgehead atoms. The number of morpholine rings is 1. The van der Waals surface area contributed by atoms with E-state index in [4.69, 9.17) is 4.74 Å². The van der Waals surface area contributed by atoms with Gasteiger partial charge >= 0.3 is 0 Å². The molecule has 1 aliphatic heterocycles. The van der Waals surface area contributed by atoms with E-state index in [0.717, 1.165) is 45.3 Å². The Balaban J connectivity index is 0.00000289. The first kappa shape index (κ1) is 17.7. The van der Waals surface area contributed by atoms with Crippen LogP contribution in [0.4, 0.5) is 0 Å². The lowest BCUT2D eigenvalue weighted by atomic mass is 10.2. The molecule has 0 aromatic rings. The second kappa shape index (κ2) is 10.6. The lowest BCUT2D eigenvalue weighted by Gasteiger charge is -2.29. The molecule has 1 saturated heterocycles. The van der Waals surface area contributed by atoms with Gasteiger partial charge in [0.2, 0.25) is 0 Å². The second-order valence-corrected chi connectivity index (χ2v) is 4.60. The molecule has 0 radical (unpaired) electrons. The van der Waals surface area contributed by atoms with Crippen LogP contribution in [0, 0.1) is 0 Å². The molecule has 1 fully saturated rings. The Hall–Kier alpha value is -0.320. The number of carbonyl (C=O) groups is 1. The highest BCUT2D eigenvalue weighted by Gasteiger charge is 2.26. The van der Waals surface area contributed by atoms with E-state index in [0.29, 0.717) is 13.2 Å². The van der Waals surface area contributed by atoms with Crippen molar-refractivity contribution in [1.29, 1.82) is 0 Å². The molecule has 4 nitrogen and oxygen atoms in total. The third-order valence-corrected chi connectivity index (χ3v) is 3.08. The zero-order valence-corrected chi connectivity index (χ0v) is 12.4. The molecule has 18 heavy (non-hydrogen) atoms. The number of nitrogens with one attached hydrogen (secondary N) is 1. The van der Waals surface area contributed by atoms with Crippen LogP contribution < -0.4 is 5.32 Å². The summed E-state index contributed by atoms with van der Waals surface area (Å²) < 4.78 is 5.53. The molecule has 1 aliphatic rings. The van der Waals surface area contributed by atoms with Crippen molar-refractivity contribution in [3.05, 3.63) is 0 Å². The average molecular weight is 279 g/mol. The first-order valence-electron chi connectivity index (χ1n) is 6.90. The molecule has 1 rings (SSSR count). The van der Waals surface area contributed by atoms with Crippen LogP contribution in [0.1, 0.15) is 39.5 Å². The summed E-state index contributed by atoms with van der Waals surface area (Å²) in [5.74, 6) is 0.166. The molecule has 0 spiro atoms. The first-order chi connectivity index (χ1) is 8.29. The minimum absolute atomic E-state index is 0. The Morgan fingerprint density at radius 3 is 2.33 bits per heavy atom. The van der Waals surface area contributed by atoms with Crippen molar-refractivity contribution in [2.75, 3.05) is 32.8 Å². The van der Waals surface area contributed by atoms with Gasteiger partial charge in [-0.3, -0.25) is 4.79 Å². The van der Waals surface area contributed by atoms with Gasteiger partial charge in [0.1, 0.15) is 6.10 Å². The predicted molar refractivity (Wildman–Crippen MR) is 76.3 cm³/mol. The number of hydrogen-bond donors (Lipinski definition) is 1. The zero-order valence-electron chi connectivity index (χ0n) is 11.6. The summed E-state index contributed by atoms with van der Waals surface area (Å²) in [6.07, 6.45) is 4.14. The second-order valence-electron chi connectivity index (χ2n) is 4.60.